The lowest BCUT2D eigenvalue weighted by molar-refractivity contribution is 0.303. The second-order valence-electron chi connectivity index (χ2n) is 4.33. The molecule has 0 radical (unpaired) electrons. The van der Waals surface area contributed by atoms with Crippen molar-refractivity contribution < 1.29 is 4.74 Å². The molecule has 1 aliphatic rings. The van der Waals surface area contributed by atoms with Gasteiger partial charge in [0, 0.05) is 13.1 Å². The number of hydrogen-bond donors (Lipinski definition) is 1. The van der Waals surface area contributed by atoms with Gasteiger partial charge in [0.15, 0.2) is 0 Å². The van der Waals surface area contributed by atoms with Gasteiger partial charge in [0.25, 0.3) is 0 Å². The summed E-state index contributed by atoms with van der Waals surface area (Å²) in [5.41, 5.74) is 7.86. The third-order valence-electron chi connectivity index (χ3n) is 2.78. The van der Waals surface area contributed by atoms with Gasteiger partial charge in [0.05, 0.1) is 12.2 Å². The summed E-state index contributed by atoms with van der Waals surface area (Å²) in [5, 5.41) is 0. The quantitative estimate of drug-likeness (QED) is 0.774. The summed E-state index contributed by atoms with van der Waals surface area (Å²) >= 11 is 0. The summed E-state index contributed by atoms with van der Waals surface area (Å²) in [6, 6.07) is 5.84. The maximum Gasteiger partial charge on any atom is 0.144 e. The Morgan fingerprint density at radius 2 is 2.25 bits per heavy atom. The van der Waals surface area contributed by atoms with Gasteiger partial charge in [-0.1, -0.05) is 6.07 Å². The van der Waals surface area contributed by atoms with Gasteiger partial charge in [-0.15, -0.1) is 0 Å². The van der Waals surface area contributed by atoms with Crippen molar-refractivity contribution in [3.8, 4) is 5.75 Å². The summed E-state index contributed by atoms with van der Waals surface area (Å²) in [6.07, 6.45) is 0. The number of rotatable bonds is 3. The highest BCUT2D eigenvalue weighted by Gasteiger charge is 2.19. The van der Waals surface area contributed by atoms with Crippen LogP contribution in [-0.4, -0.2) is 45.2 Å². The number of benzene rings is 1. The number of anilines is 2. The van der Waals surface area contributed by atoms with Crippen molar-refractivity contribution in [2.24, 2.45) is 0 Å². The zero-order chi connectivity index (χ0) is 11.5. The smallest absolute Gasteiger partial charge is 0.144 e. The van der Waals surface area contributed by atoms with Crippen molar-refractivity contribution in [3.63, 3.8) is 0 Å². The molecule has 2 N–H and O–H groups in total. The van der Waals surface area contributed by atoms with E-state index < -0.39 is 0 Å². The van der Waals surface area contributed by atoms with Crippen molar-refractivity contribution in [1.29, 1.82) is 0 Å². The molecule has 0 aromatic heterocycles. The highest BCUT2D eigenvalue weighted by molar-refractivity contribution is 5.75. The van der Waals surface area contributed by atoms with E-state index in [0.717, 1.165) is 43.4 Å². The number of ether oxygens (including phenoxy) is 1. The van der Waals surface area contributed by atoms with E-state index in [0.29, 0.717) is 0 Å². The highest BCUT2D eigenvalue weighted by Crippen LogP contribution is 2.36. The summed E-state index contributed by atoms with van der Waals surface area (Å²) in [6.45, 7) is 3.66. The topological polar surface area (TPSA) is 41.7 Å². The summed E-state index contributed by atoms with van der Waals surface area (Å²) in [5.74, 6) is 0.907. The van der Waals surface area contributed by atoms with Crippen molar-refractivity contribution in [2.45, 2.75) is 0 Å². The number of nitrogen functional groups attached to an aromatic ring is 1. The molecule has 0 spiro atoms. The molecule has 0 bridgehead atoms. The van der Waals surface area contributed by atoms with E-state index in [-0.39, 0.29) is 0 Å². The highest BCUT2D eigenvalue weighted by atomic mass is 16.5. The van der Waals surface area contributed by atoms with Gasteiger partial charge < -0.3 is 20.3 Å². The lowest BCUT2D eigenvalue weighted by Gasteiger charge is -2.33. The van der Waals surface area contributed by atoms with Crippen LogP contribution in [0, 0.1) is 0 Å². The average molecular weight is 221 g/mol. The molecule has 0 saturated heterocycles. The number of fused-ring (bicyclic) bond motifs is 1. The molecule has 2 rings (SSSR count). The Balaban J connectivity index is 2.18. The third-order valence-corrected chi connectivity index (χ3v) is 2.78. The van der Waals surface area contributed by atoms with Crippen LogP contribution in [0.1, 0.15) is 0 Å². The number of nitrogens with zero attached hydrogens (tertiary/aromatic N) is 2. The zero-order valence-corrected chi connectivity index (χ0v) is 9.94. The summed E-state index contributed by atoms with van der Waals surface area (Å²) in [4.78, 5) is 4.47. The Morgan fingerprint density at radius 1 is 1.44 bits per heavy atom. The molecule has 0 saturated carbocycles. The molecule has 1 aromatic carbocycles. The minimum Gasteiger partial charge on any atom is -0.489 e. The summed E-state index contributed by atoms with van der Waals surface area (Å²) in [7, 11) is 4.16. The SMILES string of the molecule is CN(C)CCN1CCOc2cccc(N)c21. The Morgan fingerprint density at radius 3 is 3.00 bits per heavy atom. The molecule has 4 heteroatoms. The van der Waals surface area contributed by atoms with E-state index in [2.05, 4.69) is 23.9 Å². The Bertz CT molecular complexity index is 365. The lowest BCUT2D eigenvalue weighted by atomic mass is 10.2. The minimum absolute atomic E-state index is 0.740. The van der Waals surface area contributed by atoms with Crippen LogP contribution >= 0.6 is 0 Å². The van der Waals surface area contributed by atoms with E-state index in [4.69, 9.17) is 10.5 Å². The molecule has 0 aliphatic carbocycles. The standard InChI is InChI=1S/C12H19N3O/c1-14(2)6-7-15-8-9-16-11-5-3-4-10(13)12(11)15/h3-5H,6-9,13H2,1-2H3. The average Bonchev–Trinajstić information content (AvgIpc) is 2.26. The van der Waals surface area contributed by atoms with Gasteiger partial charge in [-0.3, -0.25) is 0 Å². The van der Waals surface area contributed by atoms with Crippen LogP contribution < -0.4 is 15.4 Å². The first-order chi connectivity index (χ1) is 7.68. The first kappa shape index (κ1) is 11.1. The van der Waals surface area contributed by atoms with E-state index in [1.54, 1.807) is 0 Å². The van der Waals surface area contributed by atoms with Crippen LogP contribution in [0.4, 0.5) is 11.4 Å². The van der Waals surface area contributed by atoms with Crippen LogP contribution in [0.3, 0.4) is 0 Å². The molecule has 0 unspecified atom stereocenters. The first-order valence-electron chi connectivity index (χ1n) is 5.59. The fourth-order valence-corrected chi connectivity index (χ4v) is 1.92. The Hall–Kier alpha value is -1.42. The lowest BCUT2D eigenvalue weighted by Crippen LogP contribution is -2.38. The number of hydrogen-bond acceptors (Lipinski definition) is 4. The molecule has 0 amide bonds. The monoisotopic (exact) mass is 221 g/mol. The fourth-order valence-electron chi connectivity index (χ4n) is 1.92. The first-order valence-corrected chi connectivity index (χ1v) is 5.59. The van der Waals surface area contributed by atoms with Gasteiger partial charge in [-0.05, 0) is 26.2 Å². The van der Waals surface area contributed by atoms with Crippen LogP contribution in [0.25, 0.3) is 0 Å². The van der Waals surface area contributed by atoms with Crippen molar-refractivity contribution >= 4 is 11.4 Å². The van der Waals surface area contributed by atoms with Crippen molar-refractivity contribution in [2.75, 3.05) is 51.0 Å². The second kappa shape index (κ2) is 4.61. The normalized spacial score (nSPS) is 14.8. The van der Waals surface area contributed by atoms with Crippen molar-refractivity contribution in [1.82, 2.24) is 4.90 Å². The maximum absolute atomic E-state index is 6.00. The maximum atomic E-state index is 6.00. The molecule has 1 aliphatic heterocycles. The number of para-hydroxylation sites is 1. The van der Waals surface area contributed by atoms with Crippen LogP contribution in [0.5, 0.6) is 5.75 Å². The van der Waals surface area contributed by atoms with E-state index in [9.17, 15) is 0 Å². The molecule has 0 atom stereocenters. The van der Waals surface area contributed by atoms with E-state index in [1.807, 2.05) is 18.2 Å². The predicted molar refractivity (Wildman–Crippen MR) is 67.1 cm³/mol. The Kier molecular flexibility index (Phi) is 3.19. The van der Waals surface area contributed by atoms with E-state index in [1.165, 1.54) is 0 Å². The molecule has 4 nitrogen and oxygen atoms in total. The predicted octanol–water partition coefficient (Wildman–Crippen LogP) is 1.03. The second-order valence-corrected chi connectivity index (χ2v) is 4.33. The largest absolute Gasteiger partial charge is 0.489 e. The van der Waals surface area contributed by atoms with Crippen LogP contribution in [0.2, 0.25) is 0 Å². The van der Waals surface area contributed by atoms with Gasteiger partial charge in [0.1, 0.15) is 18.0 Å². The van der Waals surface area contributed by atoms with Crippen molar-refractivity contribution in [3.05, 3.63) is 18.2 Å². The molecule has 0 fully saturated rings. The molecule has 1 aromatic rings. The minimum atomic E-state index is 0.740. The summed E-state index contributed by atoms with van der Waals surface area (Å²) < 4.78 is 5.61. The molecule has 1 heterocycles. The van der Waals surface area contributed by atoms with Gasteiger partial charge in [-0.2, -0.15) is 0 Å². The molecular formula is C12H19N3O. The van der Waals surface area contributed by atoms with Gasteiger partial charge in [0.2, 0.25) is 0 Å². The van der Waals surface area contributed by atoms with E-state index >= 15 is 0 Å². The third kappa shape index (κ3) is 2.22. The van der Waals surface area contributed by atoms with Gasteiger partial charge >= 0.3 is 0 Å². The van der Waals surface area contributed by atoms with Crippen LogP contribution in [0.15, 0.2) is 18.2 Å². The van der Waals surface area contributed by atoms with Crippen LogP contribution in [-0.2, 0) is 0 Å². The molecule has 16 heavy (non-hydrogen) atoms. The zero-order valence-electron chi connectivity index (χ0n) is 9.94. The number of likely N-dealkylation sites (N-methyl/N-ethyl adjacent to an activating group) is 1. The number of nitrogens with two attached hydrogens (primary N) is 1. The fraction of sp³-hybridized carbons (Fsp3) is 0.500. The van der Waals surface area contributed by atoms with Gasteiger partial charge in [-0.25, -0.2) is 0 Å². The molecule has 88 valence electrons. The molecular weight excluding hydrogens is 202 g/mol. The Labute approximate surface area is 96.6 Å².